The van der Waals surface area contributed by atoms with E-state index in [1.807, 2.05) is 16.8 Å². The fourth-order valence-electron chi connectivity index (χ4n) is 2.12. The number of furan rings is 2. The van der Waals surface area contributed by atoms with E-state index in [1.54, 1.807) is 35.6 Å². The van der Waals surface area contributed by atoms with Gasteiger partial charge in [0, 0.05) is 10.9 Å². The Bertz CT molecular complexity index is 823. The molecule has 3 aromatic rings. The highest BCUT2D eigenvalue weighted by Gasteiger charge is 2.18. The Balaban J connectivity index is 1.47. The van der Waals surface area contributed by atoms with Gasteiger partial charge in [-0.2, -0.15) is 11.3 Å². The number of hydrogen-bond acceptors (Lipinski definition) is 6. The van der Waals surface area contributed by atoms with E-state index in [4.69, 9.17) is 8.83 Å². The Morgan fingerprint density at radius 2 is 2.00 bits per heavy atom. The fraction of sp³-hybridized carbons (Fsp3) is 0.176. The van der Waals surface area contributed by atoms with Gasteiger partial charge < -0.3 is 24.6 Å². The summed E-state index contributed by atoms with van der Waals surface area (Å²) in [6.45, 7) is -0.0203. The predicted molar refractivity (Wildman–Crippen MR) is 90.5 cm³/mol. The van der Waals surface area contributed by atoms with Crippen LogP contribution in [-0.2, 0) is 16.1 Å². The second-order valence-electron chi connectivity index (χ2n) is 5.20. The summed E-state index contributed by atoms with van der Waals surface area (Å²) in [5.41, 5.74) is 0.921. The maximum Gasteiger partial charge on any atom is 0.309 e. The zero-order chi connectivity index (χ0) is 17.6. The van der Waals surface area contributed by atoms with E-state index in [9.17, 15) is 14.7 Å². The second kappa shape index (κ2) is 7.82. The van der Waals surface area contributed by atoms with Crippen molar-refractivity contribution in [3.05, 3.63) is 58.9 Å². The van der Waals surface area contributed by atoms with E-state index in [0.29, 0.717) is 17.3 Å². The first kappa shape index (κ1) is 17.0. The molecule has 3 rings (SSSR count). The number of thiophene rings is 1. The average Bonchev–Trinajstić information content (AvgIpc) is 3.37. The molecule has 25 heavy (non-hydrogen) atoms. The first-order valence-electron chi connectivity index (χ1n) is 7.52. The highest BCUT2D eigenvalue weighted by Crippen LogP contribution is 2.26. The lowest BCUT2D eigenvalue weighted by Crippen LogP contribution is -2.41. The maximum absolute atomic E-state index is 11.7. The minimum Gasteiger partial charge on any atom is -0.467 e. The summed E-state index contributed by atoms with van der Waals surface area (Å²) in [5.74, 6) is -0.148. The molecule has 3 heterocycles. The van der Waals surface area contributed by atoms with Crippen LogP contribution in [0.5, 0.6) is 0 Å². The number of aliphatic hydroxyl groups is 1. The lowest BCUT2D eigenvalue weighted by Gasteiger charge is -2.09. The summed E-state index contributed by atoms with van der Waals surface area (Å²) in [6.07, 6.45) is 0.431. The highest BCUT2D eigenvalue weighted by molar-refractivity contribution is 7.08. The van der Waals surface area contributed by atoms with E-state index in [0.717, 1.165) is 5.56 Å². The summed E-state index contributed by atoms with van der Waals surface area (Å²) in [6, 6.07) is 8.67. The van der Waals surface area contributed by atoms with Crippen LogP contribution in [0.4, 0.5) is 0 Å². The van der Waals surface area contributed by atoms with Gasteiger partial charge in [-0.15, -0.1) is 0 Å². The Labute approximate surface area is 147 Å². The third-order valence-electron chi connectivity index (χ3n) is 3.43. The van der Waals surface area contributed by atoms with Crippen LogP contribution < -0.4 is 10.6 Å². The number of carbonyl (C=O) groups is 2. The molecule has 0 aliphatic heterocycles. The van der Waals surface area contributed by atoms with Crippen LogP contribution >= 0.6 is 11.3 Å². The normalized spacial score (nSPS) is 11.9. The molecule has 0 bridgehead atoms. The molecular formula is C17H16N2O5S. The lowest BCUT2D eigenvalue weighted by molar-refractivity contribution is -0.139. The minimum atomic E-state index is -1.05. The number of nitrogens with one attached hydrogen (secondary N) is 2. The Kier molecular flexibility index (Phi) is 5.32. The van der Waals surface area contributed by atoms with Crippen molar-refractivity contribution in [3.8, 4) is 11.3 Å². The average molecular weight is 360 g/mol. The van der Waals surface area contributed by atoms with E-state index < -0.39 is 17.9 Å². The Morgan fingerprint density at radius 3 is 2.72 bits per heavy atom. The van der Waals surface area contributed by atoms with Crippen molar-refractivity contribution in [2.75, 3.05) is 6.54 Å². The molecule has 0 aliphatic rings. The summed E-state index contributed by atoms with van der Waals surface area (Å²) in [5, 5.41) is 18.7. The third kappa shape index (κ3) is 4.37. The molecule has 8 heteroatoms. The number of aliphatic hydroxyl groups excluding tert-OH is 1. The molecule has 0 radical (unpaired) electrons. The molecule has 1 atom stereocenters. The topological polar surface area (TPSA) is 105 Å². The van der Waals surface area contributed by atoms with Crippen LogP contribution in [0.3, 0.4) is 0 Å². The number of carbonyl (C=O) groups excluding carboxylic acids is 2. The first-order valence-corrected chi connectivity index (χ1v) is 8.46. The summed E-state index contributed by atoms with van der Waals surface area (Å²) < 4.78 is 10.6. The molecule has 0 saturated heterocycles. The molecule has 3 aromatic heterocycles. The van der Waals surface area contributed by atoms with Gasteiger partial charge >= 0.3 is 11.8 Å². The van der Waals surface area contributed by atoms with Gasteiger partial charge in [0.15, 0.2) is 0 Å². The van der Waals surface area contributed by atoms with Gasteiger partial charge in [0.25, 0.3) is 0 Å². The molecule has 0 spiro atoms. The number of rotatable bonds is 6. The van der Waals surface area contributed by atoms with Gasteiger partial charge in [-0.3, -0.25) is 9.59 Å². The maximum atomic E-state index is 11.7. The van der Waals surface area contributed by atoms with E-state index in [-0.39, 0.29) is 13.1 Å². The Morgan fingerprint density at radius 1 is 1.16 bits per heavy atom. The third-order valence-corrected chi connectivity index (χ3v) is 4.11. The van der Waals surface area contributed by atoms with E-state index >= 15 is 0 Å². The Hall–Kier alpha value is -2.84. The number of amides is 2. The van der Waals surface area contributed by atoms with E-state index in [1.165, 1.54) is 6.26 Å². The summed E-state index contributed by atoms with van der Waals surface area (Å²) in [7, 11) is 0. The highest BCUT2D eigenvalue weighted by atomic mass is 32.1. The standard InChI is InChI=1S/C17H16N2O5S/c20-13(15-4-3-14(24-15)11-5-7-25-10-11)9-19-17(22)16(21)18-8-12-2-1-6-23-12/h1-7,10,13,20H,8-9H2,(H,18,21)(H,19,22)/t13-/m1/s1. The SMILES string of the molecule is O=C(NCc1ccco1)C(=O)NC[C@@H](O)c1ccc(-c2ccsc2)o1. The van der Waals surface area contributed by atoms with Crippen molar-refractivity contribution in [2.24, 2.45) is 0 Å². The van der Waals surface area contributed by atoms with Crippen LogP contribution in [0, 0.1) is 0 Å². The minimum absolute atomic E-state index is 0.115. The van der Waals surface area contributed by atoms with Crippen molar-refractivity contribution < 1.29 is 23.5 Å². The number of hydrogen-bond donors (Lipinski definition) is 3. The summed E-state index contributed by atoms with van der Waals surface area (Å²) in [4.78, 5) is 23.4. The second-order valence-corrected chi connectivity index (χ2v) is 5.98. The van der Waals surface area contributed by atoms with Crippen LogP contribution in [0.15, 0.2) is 56.2 Å². The van der Waals surface area contributed by atoms with Crippen molar-refractivity contribution in [1.29, 1.82) is 0 Å². The van der Waals surface area contributed by atoms with Gasteiger partial charge in [0.05, 0.1) is 19.4 Å². The van der Waals surface area contributed by atoms with Gasteiger partial charge in [-0.1, -0.05) is 0 Å². The first-order chi connectivity index (χ1) is 12.1. The molecule has 0 aromatic carbocycles. The van der Waals surface area contributed by atoms with Gasteiger partial charge in [-0.25, -0.2) is 0 Å². The van der Waals surface area contributed by atoms with Crippen molar-refractivity contribution in [2.45, 2.75) is 12.6 Å². The van der Waals surface area contributed by atoms with Gasteiger partial charge in [0.2, 0.25) is 0 Å². The molecule has 3 N–H and O–H groups in total. The van der Waals surface area contributed by atoms with Gasteiger partial charge in [0.1, 0.15) is 23.4 Å². The molecule has 130 valence electrons. The largest absolute Gasteiger partial charge is 0.467 e. The van der Waals surface area contributed by atoms with E-state index in [2.05, 4.69) is 10.6 Å². The smallest absolute Gasteiger partial charge is 0.309 e. The molecule has 0 aliphatic carbocycles. The zero-order valence-electron chi connectivity index (χ0n) is 13.1. The zero-order valence-corrected chi connectivity index (χ0v) is 13.9. The van der Waals surface area contributed by atoms with Crippen molar-refractivity contribution in [1.82, 2.24) is 10.6 Å². The van der Waals surface area contributed by atoms with Crippen LogP contribution in [-0.4, -0.2) is 23.5 Å². The van der Waals surface area contributed by atoms with Crippen LogP contribution in [0.2, 0.25) is 0 Å². The van der Waals surface area contributed by atoms with Crippen LogP contribution in [0.25, 0.3) is 11.3 Å². The lowest BCUT2D eigenvalue weighted by atomic mass is 10.2. The van der Waals surface area contributed by atoms with Gasteiger partial charge in [-0.05, 0) is 35.7 Å². The molecule has 2 amide bonds. The fourth-order valence-corrected chi connectivity index (χ4v) is 2.77. The summed E-state index contributed by atoms with van der Waals surface area (Å²) >= 11 is 1.54. The van der Waals surface area contributed by atoms with Crippen molar-refractivity contribution in [3.63, 3.8) is 0 Å². The molecule has 7 nitrogen and oxygen atoms in total. The van der Waals surface area contributed by atoms with Crippen molar-refractivity contribution >= 4 is 23.2 Å². The predicted octanol–water partition coefficient (Wildman–Crippen LogP) is 2.07. The molecule has 0 unspecified atom stereocenters. The van der Waals surface area contributed by atoms with Crippen LogP contribution in [0.1, 0.15) is 17.6 Å². The monoisotopic (exact) mass is 360 g/mol. The molecule has 0 saturated carbocycles. The molecule has 0 fully saturated rings. The molecular weight excluding hydrogens is 344 g/mol. The quantitative estimate of drug-likeness (QED) is 0.584.